The van der Waals surface area contributed by atoms with Crippen LogP contribution in [-0.4, -0.2) is 56.1 Å². The molecule has 1 saturated carbocycles. The van der Waals surface area contributed by atoms with Gasteiger partial charge in [-0.2, -0.15) is 0 Å². The molecule has 2 N–H and O–H groups in total. The summed E-state index contributed by atoms with van der Waals surface area (Å²) in [7, 11) is 0. The first-order valence-electron chi connectivity index (χ1n) is 11.3. The number of carbonyl (C=O) groups excluding carboxylic acids is 3. The molecule has 0 unspecified atom stereocenters. The van der Waals surface area contributed by atoms with Crippen molar-refractivity contribution in [2.75, 3.05) is 13.1 Å². The van der Waals surface area contributed by atoms with Crippen molar-refractivity contribution in [2.24, 2.45) is 5.92 Å². The number of nitrogens with zero attached hydrogens (tertiary/aromatic N) is 4. The molecule has 30 heavy (non-hydrogen) atoms. The van der Waals surface area contributed by atoms with Gasteiger partial charge in [-0.1, -0.05) is 19.8 Å². The first-order valence-corrected chi connectivity index (χ1v) is 11.3. The van der Waals surface area contributed by atoms with Gasteiger partial charge in [0.2, 0.25) is 5.91 Å². The number of carbonyl (C=O) groups is 3. The Morgan fingerprint density at radius 2 is 2.00 bits per heavy atom. The molecule has 9 nitrogen and oxygen atoms in total. The largest absolute Gasteiger partial charge is 0.354 e. The molecule has 1 aromatic rings. The lowest BCUT2D eigenvalue weighted by Gasteiger charge is -2.34. The highest BCUT2D eigenvalue weighted by atomic mass is 16.2. The Morgan fingerprint density at radius 3 is 2.77 bits per heavy atom. The van der Waals surface area contributed by atoms with Crippen molar-refractivity contribution in [2.45, 2.75) is 83.2 Å². The summed E-state index contributed by atoms with van der Waals surface area (Å²) in [5.74, 6) is 1.95. The normalized spacial score (nSPS) is 26.4. The molecule has 9 heteroatoms. The third kappa shape index (κ3) is 4.06. The van der Waals surface area contributed by atoms with E-state index in [4.69, 9.17) is 0 Å². The quantitative estimate of drug-likeness (QED) is 0.684. The molecule has 0 bridgehead atoms. The Morgan fingerprint density at radius 1 is 1.20 bits per heavy atom. The van der Waals surface area contributed by atoms with Gasteiger partial charge < -0.3 is 15.2 Å². The molecular weight excluding hydrogens is 384 g/mol. The molecule has 3 aliphatic rings. The van der Waals surface area contributed by atoms with Crippen LogP contribution in [0, 0.1) is 5.92 Å². The molecule has 0 aromatic carbocycles. The molecule has 0 atom stereocenters. The first-order chi connectivity index (χ1) is 14.5. The van der Waals surface area contributed by atoms with Gasteiger partial charge in [-0.05, 0) is 44.4 Å². The second-order valence-corrected chi connectivity index (χ2v) is 8.85. The number of rotatable bonds is 6. The van der Waals surface area contributed by atoms with Gasteiger partial charge in [0.25, 0.3) is 5.91 Å². The maximum Gasteiger partial charge on any atom is 0.325 e. The highest BCUT2D eigenvalue weighted by molar-refractivity contribution is 6.09. The lowest BCUT2D eigenvalue weighted by Crippen LogP contribution is -2.50. The predicted octanol–water partition coefficient (Wildman–Crippen LogP) is 1.55. The van der Waals surface area contributed by atoms with Gasteiger partial charge in [-0.15, -0.1) is 10.2 Å². The fourth-order valence-electron chi connectivity index (χ4n) is 4.98. The summed E-state index contributed by atoms with van der Waals surface area (Å²) in [4.78, 5) is 38.8. The van der Waals surface area contributed by atoms with Crippen LogP contribution in [0.15, 0.2) is 0 Å². The Hall–Kier alpha value is -2.45. The van der Waals surface area contributed by atoms with Crippen LogP contribution in [0.4, 0.5) is 4.79 Å². The zero-order valence-corrected chi connectivity index (χ0v) is 17.8. The highest BCUT2D eigenvalue weighted by Gasteiger charge is 2.52. The van der Waals surface area contributed by atoms with Crippen LogP contribution >= 0.6 is 0 Å². The molecule has 4 amide bonds. The van der Waals surface area contributed by atoms with Gasteiger partial charge in [0, 0.05) is 25.9 Å². The number of aryl methyl sites for hydroxylation is 1. The van der Waals surface area contributed by atoms with E-state index in [0.717, 1.165) is 61.6 Å². The minimum absolute atomic E-state index is 0.235. The number of hydrogen-bond donors (Lipinski definition) is 2. The highest BCUT2D eigenvalue weighted by Crippen LogP contribution is 2.37. The van der Waals surface area contributed by atoms with Crippen molar-refractivity contribution in [3.63, 3.8) is 0 Å². The minimum atomic E-state index is -0.803. The van der Waals surface area contributed by atoms with Gasteiger partial charge in [-0.3, -0.25) is 14.5 Å². The van der Waals surface area contributed by atoms with Crippen LogP contribution in [0.2, 0.25) is 0 Å². The third-order valence-corrected chi connectivity index (χ3v) is 6.94. The van der Waals surface area contributed by atoms with Gasteiger partial charge in [0.15, 0.2) is 0 Å². The summed E-state index contributed by atoms with van der Waals surface area (Å²) in [6.45, 7) is 3.26. The van der Waals surface area contributed by atoms with Gasteiger partial charge in [-0.25, -0.2) is 4.79 Å². The number of urea groups is 1. The Kier molecular flexibility index (Phi) is 6.06. The van der Waals surface area contributed by atoms with Crippen LogP contribution in [0.5, 0.6) is 0 Å². The van der Waals surface area contributed by atoms with E-state index in [1.807, 2.05) is 0 Å². The number of amides is 4. The summed E-state index contributed by atoms with van der Waals surface area (Å²) < 4.78 is 2.16. The van der Waals surface area contributed by atoms with Crippen LogP contribution in [0.1, 0.15) is 69.9 Å². The smallest absolute Gasteiger partial charge is 0.325 e. The van der Waals surface area contributed by atoms with Crippen LogP contribution in [-0.2, 0) is 29.0 Å². The van der Waals surface area contributed by atoms with Crippen LogP contribution in [0.25, 0.3) is 0 Å². The summed E-state index contributed by atoms with van der Waals surface area (Å²) in [5, 5.41) is 14.2. The van der Waals surface area contributed by atoms with Gasteiger partial charge in [0.05, 0.1) is 0 Å². The summed E-state index contributed by atoms with van der Waals surface area (Å²) >= 11 is 0. The lowest BCUT2D eigenvalue weighted by molar-refractivity contribution is -0.136. The van der Waals surface area contributed by atoms with Crippen molar-refractivity contribution in [1.82, 2.24) is 30.3 Å². The van der Waals surface area contributed by atoms with E-state index in [1.165, 1.54) is 6.42 Å². The van der Waals surface area contributed by atoms with E-state index in [1.54, 1.807) is 0 Å². The molecule has 2 aliphatic heterocycles. The Balaban J connectivity index is 1.28. The molecule has 1 aromatic heterocycles. The van der Waals surface area contributed by atoms with E-state index >= 15 is 0 Å². The first kappa shape index (κ1) is 20.8. The zero-order chi connectivity index (χ0) is 21.1. The molecule has 1 spiro atoms. The van der Waals surface area contributed by atoms with Crippen molar-refractivity contribution in [3.8, 4) is 0 Å². The van der Waals surface area contributed by atoms with Crippen molar-refractivity contribution >= 4 is 17.8 Å². The van der Waals surface area contributed by atoms with Crippen LogP contribution in [0.3, 0.4) is 0 Å². The fourth-order valence-corrected chi connectivity index (χ4v) is 4.98. The number of fused-ring (bicyclic) bond motifs is 1. The Bertz CT molecular complexity index is 812. The molecule has 3 heterocycles. The number of imide groups is 1. The maximum atomic E-state index is 12.9. The van der Waals surface area contributed by atoms with E-state index < -0.39 is 11.6 Å². The standard InChI is InChI=1S/C21H32N6O3/c1-2-15-7-10-21(11-8-15)19(29)27(20(30)23-21)14-18(28)22-12-9-17-25-24-16-6-4-3-5-13-26(16)17/h15H,2-14H2,1H3,(H,22,28)(H,23,30). The maximum absolute atomic E-state index is 12.9. The average Bonchev–Trinajstić information content (AvgIpc) is 3.10. The molecule has 0 radical (unpaired) electrons. The number of aromatic nitrogens is 3. The summed E-state index contributed by atoms with van der Waals surface area (Å²) in [6, 6.07) is -0.451. The molecular formula is C21H32N6O3. The number of hydrogen-bond acceptors (Lipinski definition) is 5. The second kappa shape index (κ2) is 8.73. The zero-order valence-electron chi connectivity index (χ0n) is 17.8. The number of nitrogens with one attached hydrogen (secondary N) is 2. The van der Waals surface area contributed by atoms with E-state index in [0.29, 0.717) is 31.7 Å². The molecule has 1 saturated heterocycles. The van der Waals surface area contributed by atoms with E-state index in [9.17, 15) is 14.4 Å². The van der Waals surface area contributed by atoms with E-state index in [2.05, 4.69) is 32.3 Å². The van der Waals surface area contributed by atoms with Crippen molar-refractivity contribution in [1.29, 1.82) is 0 Å². The monoisotopic (exact) mass is 416 g/mol. The summed E-state index contributed by atoms with van der Waals surface area (Å²) in [6.07, 6.45) is 9.28. The van der Waals surface area contributed by atoms with Gasteiger partial charge >= 0.3 is 6.03 Å². The minimum Gasteiger partial charge on any atom is -0.354 e. The molecule has 4 rings (SSSR count). The Labute approximate surface area is 177 Å². The lowest BCUT2D eigenvalue weighted by atomic mass is 9.75. The average molecular weight is 417 g/mol. The molecule has 1 aliphatic carbocycles. The van der Waals surface area contributed by atoms with Crippen molar-refractivity contribution in [3.05, 3.63) is 11.6 Å². The summed E-state index contributed by atoms with van der Waals surface area (Å²) in [5.41, 5.74) is -0.803. The fraction of sp³-hybridized carbons (Fsp3) is 0.762. The van der Waals surface area contributed by atoms with Crippen molar-refractivity contribution < 1.29 is 14.4 Å². The SMILES string of the molecule is CCC1CCC2(CC1)NC(=O)N(CC(=O)NCCc1nnc3n1CCCCC3)C2=O. The predicted molar refractivity (Wildman–Crippen MR) is 110 cm³/mol. The third-order valence-electron chi connectivity index (χ3n) is 6.94. The molecule has 164 valence electrons. The topological polar surface area (TPSA) is 109 Å². The van der Waals surface area contributed by atoms with E-state index in [-0.39, 0.29) is 18.4 Å². The van der Waals surface area contributed by atoms with Gasteiger partial charge in [0.1, 0.15) is 23.7 Å². The molecule has 2 fully saturated rings. The van der Waals surface area contributed by atoms with Crippen LogP contribution < -0.4 is 10.6 Å². The second-order valence-electron chi connectivity index (χ2n) is 8.85.